The third kappa shape index (κ3) is 13.0. The van der Waals surface area contributed by atoms with Crippen molar-refractivity contribution in [2.75, 3.05) is 56.0 Å². The highest BCUT2D eigenvalue weighted by Gasteiger charge is 2.26. The average molecular weight is 869 g/mol. The molecule has 0 saturated carbocycles. The normalized spacial score (nSPS) is 13.6. The summed E-state index contributed by atoms with van der Waals surface area (Å²) in [7, 11) is 0. The summed E-state index contributed by atoms with van der Waals surface area (Å²) < 4.78 is 33.6. The quantitative estimate of drug-likeness (QED) is 0.0551. The Kier molecular flexibility index (Phi) is 16.0. The molecule has 1 fully saturated rings. The summed E-state index contributed by atoms with van der Waals surface area (Å²) in [4.78, 5) is 64.8. The molecule has 63 heavy (non-hydrogen) atoms. The number of hydrogen-bond acceptors (Lipinski definition) is 11. The summed E-state index contributed by atoms with van der Waals surface area (Å²) in [5, 5.41) is 22.0. The van der Waals surface area contributed by atoms with Gasteiger partial charge in [0.2, 0.25) is 5.43 Å². The van der Waals surface area contributed by atoms with Gasteiger partial charge in [0.1, 0.15) is 30.4 Å². The number of nitrogens with two attached hydrogens (primary N) is 1. The third-order valence-corrected chi connectivity index (χ3v) is 10.7. The number of primary amides is 1. The highest BCUT2D eigenvalue weighted by Crippen LogP contribution is 2.27. The minimum atomic E-state index is -1.37. The van der Waals surface area contributed by atoms with Gasteiger partial charge < -0.3 is 60.4 Å². The number of carbonyl (C=O) groups excluding carboxylic acids is 3. The Bertz CT molecular complexity index is 2370. The smallest absolute Gasteiger partial charge is 0.410 e. The number of ether oxygens (including phenoxy) is 2. The Morgan fingerprint density at radius 1 is 0.905 bits per heavy atom. The van der Waals surface area contributed by atoms with Crippen molar-refractivity contribution in [2.45, 2.75) is 58.0 Å². The molecule has 5 aromatic rings. The zero-order valence-electron chi connectivity index (χ0n) is 35.0. The van der Waals surface area contributed by atoms with E-state index in [1.807, 2.05) is 60.7 Å². The molecule has 1 aliphatic rings. The number of carboxylic acids is 1. The van der Waals surface area contributed by atoms with E-state index in [1.165, 1.54) is 6.20 Å². The first-order chi connectivity index (χ1) is 30.5. The Hall–Kier alpha value is -7.08. The molecular weight excluding hydrogens is 816 g/mol. The van der Waals surface area contributed by atoms with E-state index in [4.69, 9.17) is 19.6 Å². The number of aromatic carboxylic acids is 1. The lowest BCUT2D eigenvalue weighted by molar-refractivity contribution is 0.0694. The van der Waals surface area contributed by atoms with E-state index in [2.05, 4.69) is 21.3 Å². The van der Waals surface area contributed by atoms with Gasteiger partial charge in [0.05, 0.1) is 23.5 Å². The number of aryl methyl sites for hydroxylation is 1. The number of nitrogens with zero attached hydrogens (tertiary/aromatic N) is 3. The first-order valence-corrected chi connectivity index (χ1v) is 20.8. The SMILES string of the molecule is CCn1cc(C(=O)O)c(=O)c2cc(F)c(N3CCN(C(=O)OCc4ccc(NC[C@@H](CCCNC(N)=O)NC[C@@H](Cc5ccco5)NC(=O)OCc5ccccc5)cc4)CC3)cc21. The number of alkyl carbamates (subject to hydrolysis) is 1. The monoisotopic (exact) mass is 868 g/mol. The molecule has 18 heteroatoms. The van der Waals surface area contributed by atoms with Crippen molar-refractivity contribution < 1.29 is 42.6 Å². The minimum absolute atomic E-state index is 0.00680. The second-order valence-electron chi connectivity index (χ2n) is 15.1. The number of halogens is 1. The molecule has 0 radical (unpaired) electrons. The van der Waals surface area contributed by atoms with Crippen molar-refractivity contribution in [1.82, 2.24) is 25.4 Å². The van der Waals surface area contributed by atoms with Crippen molar-refractivity contribution in [1.29, 1.82) is 0 Å². The van der Waals surface area contributed by atoms with Crippen LogP contribution < -0.4 is 37.3 Å². The molecule has 0 unspecified atom stereocenters. The highest BCUT2D eigenvalue weighted by atomic mass is 19.1. The van der Waals surface area contributed by atoms with Crippen LogP contribution in [0.25, 0.3) is 10.9 Å². The molecule has 3 heterocycles. The average Bonchev–Trinajstić information content (AvgIpc) is 3.80. The number of aromatic nitrogens is 1. The van der Waals surface area contributed by atoms with Gasteiger partial charge in [0.15, 0.2) is 0 Å². The van der Waals surface area contributed by atoms with E-state index < -0.39 is 41.0 Å². The van der Waals surface area contributed by atoms with Gasteiger partial charge in [-0.25, -0.2) is 23.6 Å². The summed E-state index contributed by atoms with van der Waals surface area (Å²) in [6.45, 7) is 4.88. The number of furan rings is 1. The number of pyridine rings is 1. The van der Waals surface area contributed by atoms with Crippen LogP contribution in [0.2, 0.25) is 0 Å². The lowest BCUT2D eigenvalue weighted by Crippen LogP contribution is -2.49. The van der Waals surface area contributed by atoms with Crippen LogP contribution in [0.4, 0.5) is 30.1 Å². The molecule has 1 saturated heterocycles. The summed E-state index contributed by atoms with van der Waals surface area (Å²) in [5.74, 6) is -1.31. The fourth-order valence-electron chi connectivity index (χ4n) is 7.30. The summed E-state index contributed by atoms with van der Waals surface area (Å²) in [6.07, 6.45) is 3.56. The molecule has 3 aromatic carbocycles. The van der Waals surface area contributed by atoms with Crippen molar-refractivity contribution in [3.63, 3.8) is 0 Å². The lowest BCUT2D eigenvalue weighted by atomic mass is 10.1. The maximum atomic E-state index is 15.4. The zero-order chi connectivity index (χ0) is 44.7. The van der Waals surface area contributed by atoms with Crippen molar-refractivity contribution >= 4 is 46.5 Å². The molecule has 0 spiro atoms. The number of nitrogens with one attached hydrogen (secondary N) is 4. The second-order valence-corrected chi connectivity index (χ2v) is 15.1. The van der Waals surface area contributed by atoms with Crippen molar-refractivity contribution in [3.8, 4) is 0 Å². The van der Waals surface area contributed by atoms with Crippen LogP contribution in [0, 0.1) is 5.82 Å². The fraction of sp³-hybridized carbons (Fsp3) is 0.356. The molecule has 2 aromatic heterocycles. The van der Waals surface area contributed by atoms with Crippen LogP contribution in [0.1, 0.15) is 47.0 Å². The number of fused-ring (bicyclic) bond motifs is 1. The molecule has 0 bridgehead atoms. The van der Waals surface area contributed by atoms with Gasteiger partial charge in [0, 0.05) is 82.1 Å². The summed E-state index contributed by atoms with van der Waals surface area (Å²) in [6, 6.07) is 22.1. The number of benzene rings is 3. The molecule has 7 N–H and O–H groups in total. The Morgan fingerprint density at radius 2 is 1.63 bits per heavy atom. The van der Waals surface area contributed by atoms with Gasteiger partial charge in [-0.05, 0) is 67.3 Å². The Morgan fingerprint density at radius 3 is 2.32 bits per heavy atom. The van der Waals surface area contributed by atoms with Gasteiger partial charge >= 0.3 is 24.2 Å². The van der Waals surface area contributed by atoms with Gasteiger partial charge in [-0.15, -0.1) is 0 Å². The minimum Gasteiger partial charge on any atom is -0.477 e. The van der Waals surface area contributed by atoms with E-state index in [-0.39, 0.29) is 49.5 Å². The van der Waals surface area contributed by atoms with Gasteiger partial charge in [-0.1, -0.05) is 42.5 Å². The van der Waals surface area contributed by atoms with Crippen LogP contribution in [0.15, 0.2) is 101 Å². The Balaban J connectivity index is 0.988. The van der Waals surface area contributed by atoms with Crippen LogP contribution >= 0.6 is 0 Å². The van der Waals surface area contributed by atoms with E-state index in [0.717, 1.165) is 22.9 Å². The summed E-state index contributed by atoms with van der Waals surface area (Å²) in [5.41, 5.74) is 7.27. The van der Waals surface area contributed by atoms with Gasteiger partial charge in [-0.3, -0.25) is 4.79 Å². The van der Waals surface area contributed by atoms with Crippen LogP contribution in [-0.4, -0.2) is 96.7 Å². The highest BCUT2D eigenvalue weighted by molar-refractivity contribution is 5.93. The zero-order valence-corrected chi connectivity index (χ0v) is 35.0. The predicted octanol–water partition coefficient (Wildman–Crippen LogP) is 5.27. The van der Waals surface area contributed by atoms with Gasteiger partial charge in [0.25, 0.3) is 0 Å². The lowest BCUT2D eigenvalue weighted by Gasteiger charge is -2.35. The molecule has 17 nitrogen and oxygen atoms in total. The van der Waals surface area contributed by atoms with E-state index in [0.29, 0.717) is 69.8 Å². The van der Waals surface area contributed by atoms with Gasteiger partial charge in [-0.2, -0.15) is 0 Å². The second kappa shape index (κ2) is 22.1. The number of carboxylic acid groups (broad SMARTS) is 1. The summed E-state index contributed by atoms with van der Waals surface area (Å²) >= 11 is 0. The van der Waals surface area contributed by atoms with Crippen LogP contribution in [0.3, 0.4) is 0 Å². The van der Waals surface area contributed by atoms with E-state index in [9.17, 15) is 29.1 Å². The van der Waals surface area contributed by atoms with Crippen LogP contribution in [0.5, 0.6) is 0 Å². The fourth-order valence-corrected chi connectivity index (χ4v) is 7.30. The van der Waals surface area contributed by atoms with E-state index in [1.54, 1.807) is 39.7 Å². The maximum absolute atomic E-state index is 15.4. The molecule has 1 aliphatic heterocycles. The predicted molar refractivity (Wildman–Crippen MR) is 234 cm³/mol. The number of amides is 4. The van der Waals surface area contributed by atoms with Crippen molar-refractivity contribution in [2.24, 2.45) is 5.73 Å². The first kappa shape index (κ1) is 45.4. The molecule has 2 atom stereocenters. The molecule has 334 valence electrons. The number of rotatable bonds is 20. The topological polar surface area (TPSA) is 223 Å². The van der Waals surface area contributed by atoms with Crippen LogP contribution in [-0.2, 0) is 35.7 Å². The first-order valence-electron chi connectivity index (χ1n) is 20.8. The molecule has 4 amide bonds. The molecular formula is C45H53FN8O9. The number of hydrogen-bond donors (Lipinski definition) is 6. The maximum Gasteiger partial charge on any atom is 0.410 e. The number of piperazine rings is 1. The molecule has 0 aliphatic carbocycles. The Labute approximate surface area is 363 Å². The third-order valence-electron chi connectivity index (χ3n) is 10.7. The van der Waals surface area contributed by atoms with E-state index >= 15 is 4.39 Å². The molecule has 6 rings (SSSR count). The van der Waals surface area contributed by atoms with Crippen molar-refractivity contribution in [3.05, 3.63) is 130 Å². The number of urea groups is 1. The number of anilines is 2. The number of carbonyl (C=O) groups is 4. The largest absolute Gasteiger partial charge is 0.477 e. The standard InChI is InChI=1S/C45H53FN8O9/c1-2-52-27-37(42(56)57)41(55)36-23-38(46)40(24-39(36)52)53-17-19-54(20-18-53)45(60)63-29-31-12-14-32(15-13-31)49-25-33(10-6-16-48-43(47)58)50-26-34(22-35-11-7-21-61-35)51-44(59)62-28-30-8-4-3-5-9-30/h3-5,7-9,11-15,21,23-24,27,33-34,49-50H,2,6,10,16-20,22,25-26,28-29H2,1H3,(H,51,59)(H,56,57)(H3,47,48,58)/t33-,34-/m1/s1.